The fraction of sp³-hybridized carbons (Fsp3) is 0.160. The van der Waals surface area contributed by atoms with Gasteiger partial charge in [0.05, 0.1) is 15.9 Å². The lowest BCUT2D eigenvalue weighted by Gasteiger charge is -2.15. The lowest BCUT2D eigenvalue weighted by Crippen LogP contribution is -2.24. The van der Waals surface area contributed by atoms with E-state index in [1.165, 1.54) is 38.4 Å². The molecule has 35 heavy (non-hydrogen) atoms. The van der Waals surface area contributed by atoms with Crippen LogP contribution in [-0.2, 0) is 30.9 Å². The third-order valence-electron chi connectivity index (χ3n) is 5.43. The zero-order valence-corrected chi connectivity index (χ0v) is 19.9. The Labute approximate surface area is 201 Å². The predicted octanol–water partition coefficient (Wildman–Crippen LogP) is 2.59. The number of ether oxygens (including phenoxy) is 1. The standard InChI is InChI=1S/C25H23N3O6S/c1-27(2)35(32,33)18-9-7-8-17(14-18)26-23(29)16-34-24(30)15-28-21-12-5-3-10-19(21)25(31)20-11-4-6-13-22(20)28/h3-14H,15-16H2,1-2H3,(H,26,29). The maximum Gasteiger partial charge on any atom is 0.326 e. The minimum atomic E-state index is -3.66. The van der Waals surface area contributed by atoms with E-state index < -0.39 is 28.5 Å². The third-order valence-corrected chi connectivity index (χ3v) is 7.24. The van der Waals surface area contributed by atoms with Crippen LogP contribution in [0.5, 0.6) is 0 Å². The van der Waals surface area contributed by atoms with Gasteiger partial charge in [-0.25, -0.2) is 12.7 Å². The number of aromatic nitrogens is 1. The van der Waals surface area contributed by atoms with Gasteiger partial charge in [-0.3, -0.25) is 14.4 Å². The van der Waals surface area contributed by atoms with Crippen LogP contribution in [0.4, 0.5) is 5.69 Å². The number of benzene rings is 3. The SMILES string of the molecule is CN(C)S(=O)(=O)c1cccc(NC(=O)COC(=O)Cn2c3ccccc3c(=O)c3ccccc32)c1. The number of fused-ring (bicyclic) bond motifs is 2. The fourth-order valence-electron chi connectivity index (χ4n) is 3.71. The average Bonchev–Trinajstić information content (AvgIpc) is 2.85. The highest BCUT2D eigenvalue weighted by Gasteiger charge is 2.18. The molecule has 0 radical (unpaired) electrons. The van der Waals surface area contributed by atoms with Crippen molar-refractivity contribution in [1.82, 2.24) is 8.87 Å². The van der Waals surface area contributed by atoms with Crippen LogP contribution < -0.4 is 10.7 Å². The summed E-state index contributed by atoms with van der Waals surface area (Å²) in [4.78, 5) is 37.8. The molecule has 0 atom stereocenters. The maximum absolute atomic E-state index is 12.8. The van der Waals surface area contributed by atoms with E-state index in [-0.39, 0.29) is 22.6 Å². The van der Waals surface area contributed by atoms with E-state index in [9.17, 15) is 22.8 Å². The van der Waals surface area contributed by atoms with Crippen molar-refractivity contribution in [1.29, 1.82) is 0 Å². The summed E-state index contributed by atoms with van der Waals surface area (Å²) in [5, 5.41) is 3.48. The molecule has 0 saturated heterocycles. The van der Waals surface area contributed by atoms with Gasteiger partial charge < -0.3 is 14.6 Å². The van der Waals surface area contributed by atoms with Gasteiger partial charge in [-0.15, -0.1) is 0 Å². The molecule has 10 heteroatoms. The first kappa shape index (κ1) is 24.1. The molecule has 0 unspecified atom stereocenters. The maximum atomic E-state index is 12.8. The van der Waals surface area contributed by atoms with E-state index in [1.807, 2.05) is 0 Å². The van der Waals surface area contributed by atoms with Gasteiger partial charge in [0.15, 0.2) is 12.0 Å². The largest absolute Gasteiger partial charge is 0.454 e. The van der Waals surface area contributed by atoms with Gasteiger partial charge in [-0.1, -0.05) is 30.3 Å². The molecule has 180 valence electrons. The second-order valence-corrected chi connectivity index (χ2v) is 10.1. The summed E-state index contributed by atoms with van der Waals surface area (Å²) in [6.07, 6.45) is 0. The third kappa shape index (κ3) is 4.93. The van der Waals surface area contributed by atoms with Crippen molar-refractivity contribution < 1.29 is 22.7 Å². The minimum Gasteiger partial charge on any atom is -0.454 e. The number of rotatable bonds is 7. The zero-order chi connectivity index (χ0) is 25.2. The molecular formula is C25H23N3O6S. The first-order chi connectivity index (χ1) is 16.7. The number of anilines is 1. The monoisotopic (exact) mass is 493 g/mol. The van der Waals surface area contributed by atoms with Gasteiger partial charge in [0, 0.05) is 30.6 Å². The number of pyridine rings is 1. The van der Waals surface area contributed by atoms with Crippen LogP contribution in [0.2, 0.25) is 0 Å². The number of nitrogens with one attached hydrogen (secondary N) is 1. The molecule has 0 saturated carbocycles. The second kappa shape index (κ2) is 9.69. The molecule has 0 spiro atoms. The van der Waals surface area contributed by atoms with Crippen LogP contribution in [-0.4, -0.2) is 49.9 Å². The Balaban J connectivity index is 1.48. The van der Waals surface area contributed by atoms with E-state index >= 15 is 0 Å². The first-order valence-electron chi connectivity index (χ1n) is 10.7. The molecule has 1 amide bonds. The number of carbonyl (C=O) groups is 2. The molecule has 3 aromatic carbocycles. The molecule has 0 aliphatic carbocycles. The molecule has 1 heterocycles. The predicted molar refractivity (Wildman–Crippen MR) is 133 cm³/mol. The van der Waals surface area contributed by atoms with E-state index in [1.54, 1.807) is 53.1 Å². The average molecular weight is 494 g/mol. The van der Waals surface area contributed by atoms with E-state index in [2.05, 4.69) is 5.32 Å². The van der Waals surface area contributed by atoms with Crippen LogP contribution >= 0.6 is 0 Å². The Morgan fingerprint density at radius 3 is 2.11 bits per heavy atom. The van der Waals surface area contributed by atoms with E-state index in [0.717, 1.165) is 4.31 Å². The van der Waals surface area contributed by atoms with Crippen LogP contribution in [0.1, 0.15) is 0 Å². The number of para-hydroxylation sites is 2. The van der Waals surface area contributed by atoms with Crippen LogP contribution in [0.25, 0.3) is 21.8 Å². The van der Waals surface area contributed by atoms with Crippen molar-refractivity contribution in [2.24, 2.45) is 0 Å². The summed E-state index contributed by atoms with van der Waals surface area (Å²) in [7, 11) is -0.839. The Morgan fingerprint density at radius 1 is 0.914 bits per heavy atom. The summed E-state index contributed by atoms with van der Waals surface area (Å²) in [6, 6.07) is 19.7. The van der Waals surface area contributed by atoms with Crippen LogP contribution in [0.3, 0.4) is 0 Å². The lowest BCUT2D eigenvalue weighted by atomic mass is 10.1. The highest BCUT2D eigenvalue weighted by Crippen LogP contribution is 2.20. The molecule has 9 nitrogen and oxygen atoms in total. The van der Waals surface area contributed by atoms with Gasteiger partial charge in [-0.05, 0) is 42.5 Å². The molecule has 0 aliphatic heterocycles. The van der Waals surface area contributed by atoms with Crippen LogP contribution in [0, 0.1) is 0 Å². The van der Waals surface area contributed by atoms with Crippen molar-refractivity contribution in [3.8, 4) is 0 Å². The molecule has 4 aromatic rings. The highest BCUT2D eigenvalue weighted by atomic mass is 32.2. The van der Waals surface area contributed by atoms with Crippen molar-refractivity contribution in [3.63, 3.8) is 0 Å². The normalized spacial score (nSPS) is 11.6. The van der Waals surface area contributed by atoms with Crippen molar-refractivity contribution in [2.45, 2.75) is 11.4 Å². The summed E-state index contributed by atoms with van der Waals surface area (Å²) in [5.74, 6) is -1.28. The molecule has 0 fully saturated rings. The number of esters is 1. The summed E-state index contributed by atoms with van der Waals surface area (Å²) in [5.41, 5.74) is 1.29. The first-order valence-corrected chi connectivity index (χ1v) is 12.1. The second-order valence-electron chi connectivity index (χ2n) is 7.97. The van der Waals surface area contributed by atoms with Crippen molar-refractivity contribution in [3.05, 3.63) is 83.0 Å². The zero-order valence-electron chi connectivity index (χ0n) is 19.1. The number of nitrogens with zero attached hydrogens (tertiary/aromatic N) is 2. The van der Waals surface area contributed by atoms with Gasteiger partial charge in [0.2, 0.25) is 10.0 Å². The molecule has 1 aromatic heterocycles. The lowest BCUT2D eigenvalue weighted by molar-refractivity contribution is -0.147. The van der Waals surface area contributed by atoms with Gasteiger partial charge in [-0.2, -0.15) is 0 Å². The topological polar surface area (TPSA) is 115 Å². The van der Waals surface area contributed by atoms with E-state index in [0.29, 0.717) is 21.8 Å². The number of hydrogen-bond acceptors (Lipinski definition) is 6. The number of sulfonamides is 1. The quantitative estimate of drug-likeness (QED) is 0.313. The summed E-state index contributed by atoms with van der Waals surface area (Å²) >= 11 is 0. The number of amides is 1. The van der Waals surface area contributed by atoms with Gasteiger partial charge in [0.1, 0.15) is 6.54 Å². The molecule has 0 aliphatic rings. The summed E-state index contributed by atoms with van der Waals surface area (Å²) < 4.78 is 32.5. The van der Waals surface area contributed by atoms with Gasteiger partial charge in [0.25, 0.3) is 5.91 Å². The fourth-order valence-corrected chi connectivity index (χ4v) is 4.66. The Bertz CT molecular complexity index is 1550. The minimum absolute atomic E-state index is 0.0225. The number of hydrogen-bond donors (Lipinski definition) is 1. The van der Waals surface area contributed by atoms with Crippen molar-refractivity contribution in [2.75, 3.05) is 26.0 Å². The summed E-state index contributed by atoms with van der Waals surface area (Å²) in [6.45, 7) is -0.759. The molecule has 1 N–H and O–H groups in total. The molecule has 0 bridgehead atoms. The molecular weight excluding hydrogens is 470 g/mol. The van der Waals surface area contributed by atoms with E-state index in [4.69, 9.17) is 4.74 Å². The van der Waals surface area contributed by atoms with Gasteiger partial charge >= 0.3 is 5.97 Å². The Hall–Kier alpha value is -4.02. The van der Waals surface area contributed by atoms with Crippen molar-refractivity contribution >= 4 is 49.4 Å². The smallest absolute Gasteiger partial charge is 0.326 e. The Morgan fingerprint density at radius 2 is 1.51 bits per heavy atom. The molecule has 4 rings (SSSR count). The Kier molecular flexibility index (Phi) is 6.68. The number of carbonyl (C=O) groups excluding carboxylic acids is 2. The van der Waals surface area contributed by atoms with Crippen LogP contribution in [0.15, 0.2) is 82.5 Å². The highest BCUT2D eigenvalue weighted by molar-refractivity contribution is 7.89.